The van der Waals surface area contributed by atoms with Crippen LogP contribution in [0.15, 0.2) is 12.1 Å². The van der Waals surface area contributed by atoms with Crippen molar-refractivity contribution >= 4 is 11.6 Å². The van der Waals surface area contributed by atoms with Gasteiger partial charge in [0, 0.05) is 5.02 Å². The molecule has 0 unspecified atom stereocenters. The Morgan fingerprint density at radius 3 is 2.00 bits per heavy atom. The molecule has 0 aliphatic heterocycles. The van der Waals surface area contributed by atoms with Crippen LogP contribution >= 0.6 is 11.6 Å². The second-order valence-corrected chi connectivity index (χ2v) is 2.37. The number of hydrogen-bond donors (Lipinski definition) is 0. The minimum Gasteiger partial charge on any atom is -0.496 e. The molecule has 0 fully saturated rings. The van der Waals surface area contributed by atoms with Crippen molar-refractivity contribution in [2.75, 3.05) is 14.2 Å². The predicted molar refractivity (Wildman–Crippen MR) is 43.4 cm³/mol. The minimum absolute atomic E-state index is 0.578. The first-order valence-electron chi connectivity index (χ1n) is 3.07. The van der Waals surface area contributed by atoms with Gasteiger partial charge in [-0.3, -0.25) is 0 Å². The summed E-state index contributed by atoms with van der Waals surface area (Å²) in [7, 11) is 3.11. The number of halogens is 1. The molecule has 0 bridgehead atoms. The van der Waals surface area contributed by atoms with Gasteiger partial charge in [-0.15, -0.1) is 0 Å². The van der Waals surface area contributed by atoms with E-state index in [1.165, 1.54) is 0 Å². The first-order valence-corrected chi connectivity index (χ1v) is 3.45. The predicted octanol–water partition coefficient (Wildman–Crippen LogP) is 2.16. The highest BCUT2D eigenvalue weighted by atomic mass is 35.5. The number of ether oxygens (including phenoxy) is 2. The fourth-order valence-electron chi connectivity index (χ4n) is 0.706. The lowest BCUT2D eigenvalue weighted by molar-refractivity contribution is 0.393. The number of methoxy groups -OCH3 is 2. The van der Waals surface area contributed by atoms with E-state index in [1.807, 2.05) is 0 Å². The van der Waals surface area contributed by atoms with Crippen LogP contribution in [0, 0.1) is 6.07 Å². The summed E-state index contributed by atoms with van der Waals surface area (Å²) >= 11 is 5.73. The second-order valence-electron chi connectivity index (χ2n) is 1.94. The van der Waals surface area contributed by atoms with Gasteiger partial charge in [0.15, 0.2) is 0 Å². The first kappa shape index (κ1) is 8.21. The van der Waals surface area contributed by atoms with Gasteiger partial charge in [0.2, 0.25) is 0 Å². The Balaban J connectivity index is 3.02. The van der Waals surface area contributed by atoms with Gasteiger partial charge < -0.3 is 9.47 Å². The van der Waals surface area contributed by atoms with Crippen LogP contribution in [0.25, 0.3) is 0 Å². The van der Waals surface area contributed by atoms with Crippen molar-refractivity contribution in [2.24, 2.45) is 0 Å². The average Bonchev–Trinajstić information content (AvgIpc) is 2.03. The fourth-order valence-corrected chi connectivity index (χ4v) is 0.904. The standard InChI is InChI=1S/C8H8ClO2/c1-10-7-3-6(9)4-8(5-7)11-2/h3-4H,1-2H3. The monoisotopic (exact) mass is 171 g/mol. The molecule has 1 aromatic rings. The molecule has 1 rings (SSSR count). The third-order valence-electron chi connectivity index (χ3n) is 1.22. The van der Waals surface area contributed by atoms with Crippen molar-refractivity contribution < 1.29 is 9.47 Å². The number of benzene rings is 1. The van der Waals surface area contributed by atoms with E-state index in [0.717, 1.165) is 0 Å². The van der Waals surface area contributed by atoms with Crippen LogP contribution in [-0.4, -0.2) is 14.2 Å². The van der Waals surface area contributed by atoms with E-state index >= 15 is 0 Å². The van der Waals surface area contributed by atoms with Gasteiger partial charge in [-0.2, -0.15) is 0 Å². The molecule has 1 radical (unpaired) electrons. The van der Waals surface area contributed by atoms with E-state index in [9.17, 15) is 0 Å². The Kier molecular flexibility index (Phi) is 2.60. The zero-order valence-corrected chi connectivity index (χ0v) is 7.11. The van der Waals surface area contributed by atoms with E-state index < -0.39 is 0 Å². The second kappa shape index (κ2) is 3.49. The average molecular weight is 172 g/mol. The van der Waals surface area contributed by atoms with Crippen molar-refractivity contribution in [1.82, 2.24) is 0 Å². The van der Waals surface area contributed by atoms with E-state index in [-0.39, 0.29) is 0 Å². The van der Waals surface area contributed by atoms with E-state index in [0.29, 0.717) is 16.5 Å². The van der Waals surface area contributed by atoms with Crippen molar-refractivity contribution in [1.29, 1.82) is 0 Å². The summed E-state index contributed by atoms with van der Waals surface area (Å²) in [5, 5.41) is 0.581. The van der Waals surface area contributed by atoms with Crippen LogP contribution in [0.5, 0.6) is 11.5 Å². The van der Waals surface area contributed by atoms with Crippen molar-refractivity contribution in [3.05, 3.63) is 23.2 Å². The Hall–Kier alpha value is -0.890. The molecule has 0 atom stereocenters. The van der Waals surface area contributed by atoms with Crippen molar-refractivity contribution in [3.63, 3.8) is 0 Å². The Morgan fingerprint density at radius 1 is 1.18 bits per heavy atom. The molecule has 0 aliphatic carbocycles. The molecule has 0 spiro atoms. The van der Waals surface area contributed by atoms with Gasteiger partial charge in [-0.25, -0.2) is 0 Å². The highest BCUT2D eigenvalue weighted by Gasteiger charge is 1.98. The van der Waals surface area contributed by atoms with Gasteiger partial charge in [-0.1, -0.05) is 11.6 Å². The largest absolute Gasteiger partial charge is 0.496 e. The molecule has 1 aromatic carbocycles. The summed E-state index contributed by atoms with van der Waals surface area (Å²) in [5.74, 6) is 1.16. The molecule has 0 saturated heterocycles. The first-order chi connectivity index (χ1) is 5.26. The smallest absolute Gasteiger partial charge is 0.132 e. The van der Waals surface area contributed by atoms with Crippen molar-refractivity contribution in [2.45, 2.75) is 0 Å². The van der Waals surface area contributed by atoms with E-state index in [1.54, 1.807) is 26.4 Å². The lowest BCUT2D eigenvalue weighted by Crippen LogP contribution is -1.86. The molecular formula is C8H8ClO2. The van der Waals surface area contributed by atoms with Gasteiger partial charge in [0.25, 0.3) is 0 Å². The summed E-state index contributed by atoms with van der Waals surface area (Å²) in [6.45, 7) is 0. The third kappa shape index (κ3) is 2.02. The van der Waals surface area contributed by atoms with Gasteiger partial charge in [-0.05, 0) is 12.1 Å². The maximum atomic E-state index is 5.73. The zero-order valence-electron chi connectivity index (χ0n) is 6.35. The van der Waals surface area contributed by atoms with Crippen LogP contribution in [-0.2, 0) is 0 Å². The topological polar surface area (TPSA) is 18.5 Å². The quantitative estimate of drug-likeness (QED) is 0.679. The molecule has 2 nitrogen and oxygen atoms in total. The molecule has 0 aromatic heterocycles. The molecule has 59 valence electrons. The lowest BCUT2D eigenvalue weighted by atomic mass is 10.3. The molecule has 11 heavy (non-hydrogen) atoms. The highest BCUT2D eigenvalue weighted by Crippen LogP contribution is 2.24. The molecule has 0 N–H and O–H groups in total. The highest BCUT2D eigenvalue weighted by molar-refractivity contribution is 6.30. The summed E-state index contributed by atoms with van der Waals surface area (Å²) < 4.78 is 9.84. The van der Waals surface area contributed by atoms with Crippen LogP contribution in [0.4, 0.5) is 0 Å². The minimum atomic E-state index is 0.578. The molecule has 0 aliphatic rings. The maximum Gasteiger partial charge on any atom is 0.132 e. The van der Waals surface area contributed by atoms with Crippen LogP contribution in [0.1, 0.15) is 0 Å². The fraction of sp³-hybridized carbons (Fsp3) is 0.250. The molecule has 0 amide bonds. The lowest BCUT2D eigenvalue weighted by Gasteiger charge is -2.02. The molecule has 0 saturated carbocycles. The Morgan fingerprint density at radius 2 is 1.64 bits per heavy atom. The van der Waals surface area contributed by atoms with Crippen molar-refractivity contribution in [3.8, 4) is 11.5 Å². The SMILES string of the molecule is COc1[c]c(OC)cc(Cl)c1. The van der Waals surface area contributed by atoms with Crippen LogP contribution in [0.2, 0.25) is 5.02 Å². The summed E-state index contributed by atoms with van der Waals surface area (Å²) in [6, 6.07) is 6.20. The van der Waals surface area contributed by atoms with Gasteiger partial charge >= 0.3 is 0 Å². The third-order valence-corrected chi connectivity index (χ3v) is 1.44. The van der Waals surface area contributed by atoms with Crippen LogP contribution < -0.4 is 9.47 Å². The summed E-state index contributed by atoms with van der Waals surface area (Å²) in [5.41, 5.74) is 0. The Bertz CT molecular complexity index is 226. The van der Waals surface area contributed by atoms with E-state index in [4.69, 9.17) is 21.1 Å². The number of hydrogen-bond acceptors (Lipinski definition) is 2. The molecule has 3 heteroatoms. The van der Waals surface area contributed by atoms with Gasteiger partial charge in [0.05, 0.1) is 20.3 Å². The molecule has 0 heterocycles. The summed E-state index contributed by atoms with van der Waals surface area (Å²) in [4.78, 5) is 0. The van der Waals surface area contributed by atoms with E-state index in [2.05, 4.69) is 6.07 Å². The zero-order chi connectivity index (χ0) is 8.27. The normalized spacial score (nSPS) is 9.36. The van der Waals surface area contributed by atoms with Gasteiger partial charge in [0.1, 0.15) is 11.5 Å². The number of rotatable bonds is 2. The van der Waals surface area contributed by atoms with Crippen LogP contribution in [0.3, 0.4) is 0 Å². The summed E-state index contributed by atoms with van der Waals surface area (Å²) in [6.07, 6.45) is 0. The molecular weight excluding hydrogens is 164 g/mol. The maximum absolute atomic E-state index is 5.73. The Labute approximate surface area is 70.7 Å².